The largest absolute Gasteiger partial charge is 1.00 e. The third kappa shape index (κ3) is 31.0. The fourth-order valence-corrected chi connectivity index (χ4v) is 6.03. The number of unbranched alkanes of at least 4 members (excludes halogenated alkanes) is 1. The van der Waals surface area contributed by atoms with E-state index < -0.39 is 81.0 Å². The summed E-state index contributed by atoms with van der Waals surface area (Å²) < 4.78 is 103. The molecular formula is C25H51N9Na3O17S3+. The monoisotopic (exact) mass is 914 g/mol. The zero-order chi connectivity index (χ0) is 40.2. The molecule has 1 aromatic heterocycles. The number of carbonyl (C=O) groups excluding carboxylic acids is 1. The van der Waals surface area contributed by atoms with Gasteiger partial charge in [0.15, 0.2) is 20.6 Å². The van der Waals surface area contributed by atoms with Crippen LogP contribution in [0, 0.1) is 0 Å². The molecule has 0 bridgehead atoms. The van der Waals surface area contributed by atoms with Crippen molar-refractivity contribution in [3.63, 3.8) is 0 Å². The van der Waals surface area contributed by atoms with Gasteiger partial charge in [-0.15, -0.1) is 0 Å². The number of hydrogen-bond acceptors (Lipinski definition) is 23. The number of carbonyl (C=O) groups is 1. The third-order valence-electron chi connectivity index (χ3n) is 7.05. The number of methoxy groups -OCH3 is 2. The molecule has 13 N–H and O–H groups in total. The second kappa shape index (κ2) is 34.0. The first-order valence-corrected chi connectivity index (χ1v) is 19.9. The summed E-state index contributed by atoms with van der Waals surface area (Å²) >= 11 is 0. The Labute approximate surface area is 399 Å². The van der Waals surface area contributed by atoms with Crippen molar-refractivity contribution in [1.82, 2.24) is 29.1 Å². The first-order valence-electron chi connectivity index (χ1n) is 16.1. The van der Waals surface area contributed by atoms with E-state index in [9.17, 15) is 64.7 Å². The van der Waals surface area contributed by atoms with Gasteiger partial charge in [-0.25, -0.2) is 16.8 Å². The van der Waals surface area contributed by atoms with Gasteiger partial charge < -0.3 is 78.2 Å². The van der Waals surface area contributed by atoms with Gasteiger partial charge in [0.05, 0.1) is 6.23 Å². The standard InChI is InChI=1S/C25H50N9O16S3.3Na.H2O/c1-49-19(31-51(41)42)11-6-9-17(37)27-24-28-23(26-16(36)8-5-10-18(38)32-52(43,44)45)29-25(30-24)34(21(39)13-3-4-15-35)22(40)14-7-12-20(50-2)33-53(46,47)48;;;;/h15-22,32-33,36-40H,3-14H2,1-2H3,(H,31,41,42)(H,43,44,45)(H,46,47,48)(H2,26,27,28,29,30);;;;1H2/q-1;3*+1;/p-1. The Morgan fingerprint density at radius 3 is 1.54 bits per heavy atom. The number of nitrogens with zero attached hydrogens (tertiary/aromatic N) is 4. The van der Waals surface area contributed by atoms with Crippen molar-refractivity contribution in [2.24, 2.45) is 0 Å². The van der Waals surface area contributed by atoms with Gasteiger partial charge in [-0.3, -0.25) is 4.90 Å². The molecular weight excluding hydrogens is 863 g/mol. The Kier molecular flexibility index (Phi) is 38.2. The topological polar surface area (TPSA) is 420 Å². The Bertz CT molecular complexity index is 1520. The molecule has 1 aromatic rings. The molecule has 0 saturated heterocycles. The van der Waals surface area contributed by atoms with E-state index in [4.69, 9.17) is 9.47 Å². The Morgan fingerprint density at radius 2 is 1.11 bits per heavy atom. The Hall–Kier alpha value is 0.410. The maximum atomic E-state index is 11.2. The van der Waals surface area contributed by atoms with Crippen molar-refractivity contribution < 1.29 is 168 Å². The molecule has 32 heteroatoms. The van der Waals surface area contributed by atoms with Gasteiger partial charge in [0.25, 0.3) is 0 Å². The molecule has 0 saturated carbocycles. The molecule has 26 nitrogen and oxygen atoms in total. The number of aliphatic hydroxyl groups is 5. The molecule has 0 aromatic carbocycles. The molecule has 7 unspecified atom stereocenters. The van der Waals surface area contributed by atoms with Crippen LogP contribution in [0.3, 0.4) is 0 Å². The fourth-order valence-electron chi connectivity index (χ4n) is 4.61. The Morgan fingerprint density at radius 1 is 0.684 bits per heavy atom. The minimum Gasteiger partial charge on any atom is -0.735 e. The second-order valence-corrected chi connectivity index (χ2v) is 14.3. The molecule has 318 valence electrons. The third-order valence-corrected chi connectivity index (χ3v) is 8.62. The van der Waals surface area contributed by atoms with E-state index in [1.165, 1.54) is 11.8 Å². The maximum Gasteiger partial charge on any atom is 1.00 e. The molecule has 1 heterocycles. The van der Waals surface area contributed by atoms with Gasteiger partial charge in [-0.2, -0.15) is 24.4 Å². The number of hydrogen-bond donors (Lipinski definition) is 10. The van der Waals surface area contributed by atoms with E-state index >= 15 is 0 Å². The normalized spacial score (nSPS) is 15.2. The molecule has 0 aliphatic heterocycles. The summed E-state index contributed by atoms with van der Waals surface area (Å²) in [5.74, 6) is -1.14. The number of anilines is 3. The van der Waals surface area contributed by atoms with E-state index in [0.717, 1.165) is 12.0 Å². The molecule has 7 atom stereocenters. The van der Waals surface area contributed by atoms with Crippen LogP contribution in [0.2, 0.25) is 0 Å². The number of aldehydes is 1. The summed E-state index contributed by atoms with van der Waals surface area (Å²) in [6.45, 7) is 0. The molecule has 0 radical (unpaired) electrons. The van der Waals surface area contributed by atoms with Crippen molar-refractivity contribution in [2.45, 2.75) is 121 Å². The average Bonchev–Trinajstić information content (AvgIpc) is 3.02. The quantitative estimate of drug-likeness (QED) is 0.00629. The zero-order valence-corrected chi connectivity index (χ0v) is 40.9. The SMILES string of the molecule is COC(CCCC(O)Nc1nc(NC(O)CCCC(O)NS(=O)(=O)[O-])nc(N(C(O)CCCC=O)C(O)CCCC(NS(=O)(=O)[O-])OC)n1)N[S-](=O)=O.[Na+].[Na+].[Na+].[OH3+]. The van der Waals surface area contributed by atoms with Crippen LogP contribution in [-0.4, -0.2) is 131 Å². The van der Waals surface area contributed by atoms with E-state index in [1.807, 2.05) is 0 Å². The summed E-state index contributed by atoms with van der Waals surface area (Å²) in [6, 6.07) is 0. The van der Waals surface area contributed by atoms with Gasteiger partial charge >= 0.3 is 88.7 Å². The van der Waals surface area contributed by atoms with Crippen LogP contribution in [0.1, 0.15) is 77.0 Å². The summed E-state index contributed by atoms with van der Waals surface area (Å²) in [5.41, 5.74) is 0. The zero-order valence-electron chi connectivity index (χ0n) is 32.4. The van der Waals surface area contributed by atoms with Crippen LogP contribution >= 0.6 is 0 Å². The van der Waals surface area contributed by atoms with Crippen molar-refractivity contribution in [1.29, 1.82) is 0 Å². The molecule has 1 rings (SSSR count). The van der Waals surface area contributed by atoms with E-state index in [0.29, 0.717) is 6.29 Å². The smallest absolute Gasteiger partial charge is 0.735 e. The molecule has 0 fully saturated rings. The van der Waals surface area contributed by atoms with E-state index in [1.54, 1.807) is 4.72 Å². The number of rotatable bonds is 31. The number of nitrogens with one attached hydrogen (secondary N) is 5. The van der Waals surface area contributed by atoms with Crippen molar-refractivity contribution in [3.8, 4) is 0 Å². The molecule has 0 spiro atoms. The Balaban J connectivity index is -0.00000351. The predicted molar refractivity (Wildman–Crippen MR) is 185 cm³/mol. The van der Waals surface area contributed by atoms with Crippen LogP contribution in [0.25, 0.3) is 0 Å². The van der Waals surface area contributed by atoms with Crippen molar-refractivity contribution in [2.75, 3.05) is 29.8 Å². The fraction of sp³-hybridized carbons (Fsp3) is 0.840. The van der Waals surface area contributed by atoms with Crippen LogP contribution < -0.4 is 118 Å². The van der Waals surface area contributed by atoms with Crippen LogP contribution in [-0.2, 0) is 59.7 Å². The van der Waals surface area contributed by atoms with Crippen LogP contribution in [0.15, 0.2) is 0 Å². The first kappa shape index (κ1) is 64.0. The average molecular weight is 915 g/mol. The minimum atomic E-state index is -4.93. The van der Waals surface area contributed by atoms with Crippen molar-refractivity contribution in [3.05, 3.63) is 0 Å². The summed E-state index contributed by atoms with van der Waals surface area (Å²) in [7, 11) is -9.98. The predicted octanol–water partition coefficient (Wildman–Crippen LogP) is -13.1. The van der Waals surface area contributed by atoms with Gasteiger partial charge in [-0.05, 0) is 81.5 Å². The number of ether oxygens (including phenoxy) is 2. The minimum absolute atomic E-state index is 0. The van der Waals surface area contributed by atoms with Crippen molar-refractivity contribution >= 4 is 55.6 Å². The molecule has 0 amide bonds. The van der Waals surface area contributed by atoms with Gasteiger partial charge in [0, 0.05) is 20.6 Å². The number of aliphatic hydroxyl groups excluding tert-OH is 5. The van der Waals surface area contributed by atoms with Gasteiger partial charge in [0.1, 0.15) is 43.7 Å². The van der Waals surface area contributed by atoms with E-state index in [2.05, 4.69) is 30.3 Å². The first-order chi connectivity index (χ1) is 24.8. The van der Waals surface area contributed by atoms with E-state index in [-0.39, 0.29) is 183 Å². The second-order valence-electron chi connectivity index (χ2n) is 11.3. The van der Waals surface area contributed by atoms with Crippen LogP contribution in [0.4, 0.5) is 17.8 Å². The van der Waals surface area contributed by atoms with Crippen LogP contribution in [0.5, 0.6) is 0 Å². The number of aromatic nitrogens is 3. The molecule has 0 aliphatic rings. The summed E-state index contributed by atoms with van der Waals surface area (Å²) in [5, 5.41) is 58.4. The summed E-state index contributed by atoms with van der Waals surface area (Å²) in [6.07, 6.45) is -9.39. The molecule has 57 heavy (non-hydrogen) atoms. The summed E-state index contributed by atoms with van der Waals surface area (Å²) in [4.78, 5) is 24.3. The van der Waals surface area contributed by atoms with Gasteiger partial charge in [-0.1, -0.05) is 0 Å². The molecule has 0 aliphatic carbocycles. The maximum absolute atomic E-state index is 11.2. The van der Waals surface area contributed by atoms with Gasteiger partial charge in [0.2, 0.25) is 17.8 Å².